The van der Waals surface area contributed by atoms with Gasteiger partial charge in [0.2, 0.25) is 0 Å². The molecular formula is C8H16N2S. The van der Waals surface area contributed by atoms with E-state index in [0.29, 0.717) is 0 Å². The standard InChI is InChI=1S/C8H16N2S/c1-7(2)6(11)10(5)8(3,4)9-7/h9H,1-5H3. The van der Waals surface area contributed by atoms with E-state index in [0.717, 1.165) is 4.99 Å². The number of thiocarbonyl (C=S) groups is 1. The second kappa shape index (κ2) is 2.17. The third kappa shape index (κ3) is 1.27. The quantitative estimate of drug-likeness (QED) is 0.555. The SMILES string of the molecule is CN1C(=S)C(C)(C)NC1(C)C. The van der Waals surface area contributed by atoms with Gasteiger partial charge in [0.15, 0.2) is 0 Å². The molecule has 0 aromatic heterocycles. The van der Waals surface area contributed by atoms with Gasteiger partial charge in [-0.3, -0.25) is 5.32 Å². The van der Waals surface area contributed by atoms with Crippen LogP contribution in [0.1, 0.15) is 27.7 Å². The van der Waals surface area contributed by atoms with Gasteiger partial charge in [0.25, 0.3) is 0 Å². The van der Waals surface area contributed by atoms with E-state index in [2.05, 4.69) is 37.9 Å². The lowest BCUT2D eigenvalue weighted by Crippen LogP contribution is -2.47. The Morgan fingerprint density at radius 1 is 1.27 bits per heavy atom. The van der Waals surface area contributed by atoms with Crippen LogP contribution in [-0.4, -0.2) is 28.1 Å². The van der Waals surface area contributed by atoms with Crippen molar-refractivity contribution in [3.8, 4) is 0 Å². The first-order valence-corrected chi connectivity index (χ1v) is 4.26. The Kier molecular flexibility index (Phi) is 1.77. The Morgan fingerprint density at radius 2 is 1.73 bits per heavy atom. The summed E-state index contributed by atoms with van der Waals surface area (Å²) in [5, 5.41) is 3.45. The average molecular weight is 172 g/mol. The summed E-state index contributed by atoms with van der Waals surface area (Å²) in [6, 6.07) is 0. The number of likely N-dealkylation sites (N-methyl/N-ethyl adjacent to an activating group) is 1. The first-order valence-electron chi connectivity index (χ1n) is 3.85. The smallest absolute Gasteiger partial charge is 0.0990 e. The van der Waals surface area contributed by atoms with E-state index >= 15 is 0 Å². The second-order valence-corrected chi connectivity index (χ2v) is 4.56. The van der Waals surface area contributed by atoms with Crippen molar-refractivity contribution in [1.29, 1.82) is 0 Å². The van der Waals surface area contributed by atoms with Crippen molar-refractivity contribution in [2.45, 2.75) is 38.9 Å². The summed E-state index contributed by atoms with van der Waals surface area (Å²) in [6.07, 6.45) is 0. The molecule has 1 saturated heterocycles. The van der Waals surface area contributed by atoms with Crippen molar-refractivity contribution >= 4 is 17.2 Å². The first kappa shape index (κ1) is 8.94. The molecule has 0 aromatic carbocycles. The van der Waals surface area contributed by atoms with Crippen molar-refractivity contribution in [1.82, 2.24) is 10.2 Å². The highest BCUT2D eigenvalue weighted by molar-refractivity contribution is 7.80. The number of hydrogen-bond donors (Lipinski definition) is 1. The van der Waals surface area contributed by atoms with Crippen molar-refractivity contribution in [2.75, 3.05) is 7.05 Å². The predicted octanol–water partition coefficient (Wildman–Crippen LogP) is 1.36. The summed E-state index contributed by atoms with van der Waals surface area (Å²) in [5.41, 5.74) is -0.0336. The fourth-order valence-electron chi connectivity index (χ4n) is 1.58. The third-order valence-corrected chi connectivity index (χ3v) is 3.08. The van der Waals surface area contributed by atoms with Gasteiger partial charge >= 0.3 is 0 Å². The molecule has 1 rings (SSSR count). The van der Waals surface area contributed by atoms with Gasteiger partial charge < -0.3 is 4.90 Å². The monoisotopic (exact) mass is 172 g/mol. The summed E-state index contributed by atoms with van der Waals surface area (Å²) >= 11 is 5.29. The van der Waals surface area contributed by atoms with Crippen LogP contribution in [0.5, 0.6) is 0 Å². The van der Waals surface area contributed by atoms with Crippen LogP contribution in [0.2, 0.25) is 0 Å². The molecule has 0 bridgehead atoms. The molecule has 11 heavy (non-hydrogen) atoms. The molecule has 1 aliphatic rings. The number of nitrogens with zero attached hydrogens (tertiary/aromatic N) is 1. The Morgan fingerprint density at radius 3 is 1.82 bits per heavy atom. The van der Waals surface area contributed by atoms with Crippen LogP contribution >= 0.6 is 12.2 Å². The zero-order valence-corrected chi connectivity index (χ0v) is 8.67. The Bertz CT molecular complexity index is 196. The molecule has 0 spiro atoms. The van der Waals surface area contributed by atoms with Crippen molar-refractivity contribution < 1.29 is 0 Å². The van der Waals surface area contributed by atoms with Gasteiger partial charge in [-0.2, -0.15) is 0 Å². The zero-order valence-electron chi connectivity index (χ0n) is 7.86. The molecule has 0 unspecified atom stereocenters. The van der Waals surface area contributed by atoms with Gasteiger partial charge in [-0.15, -0.1) is 0 Å². The molecule has 1 N–H and O–H groups in total. The van der Waals surface area contributed by atoms with Crippen molar-refractivity contribution in [2.24, 2.45) is 0 Å². The highest BCUT2D eigenvalue weighted by atomic mass is 32.1. The first-order chi connectivity index (χ1) is 4.77. The summed E-state index contributed by atoms with van der Waals surface area (Å²) in [7, 11) is 2.03. The van der Waals surface area contributed by atoms with Crippen molar-refractivity contribution in [3.05, 3.63) is 0 Å². The molecule has 0 saturated carbocycles. The number of hydrogen-bond acceptors (Lipinski definition) is 2. The normalized spacial score (nSPS) is 27.7. The molecular weight excluding hydrogens is 156 g/mol. The predicted molar refractivity (Wildman–Crippen MR) is 51.7 cm³/mol. The minimum atomic E-state index is -0.0341. The van der Waals surface area contributed by atoms with Gasteiger partial charge in [-0.1, -0.05) is 12.2 Å². The van der Waals surface area contributed by atoms with Crippen LogP contribution in [0, 0.1) is 0 Å². The van der Waals surface area contributed by atoms with Crippen LogP contribution in [0.25, 0.3) is 0 Å². The Labute approximate surface area is 74.0 Å². The zero-order chi connectivity index (χ0) is 8.86. The maximum Gasteiger partial charge on any atom is 0.0990 e. The Hall–Kier alpha value is -0.150. The lowest BCUT2D eigenvalue weighted by atomic mass is 10.1. The highest BCUT2D eigenvalue weighted by Gasteiger charge is 2.43. The molecule has 0 amide bonds. The lowest BCUT2D eigenvalue weighted by molar-refractivity contribution is 0.231. The molecule has 0 aliphatic carbocycles. The van der Waals surface area contributed by atoms with Crippen molar-refractivity contribution in [3.63, 3.8) is 0 Å². The average Bonchev–Trinajstić information content (AvgIpc) is 1.91. The van der Waals surface area contributed by atoms with Gasteiger partial charge in [0, 0.05) is 7.05 Å². The second-order valence-electron chi connectivity index (χ2n) is 4.17. The van der Waals surface area contributed by atoms with Gasteiger partial charge in [-0.25, -0.2) is 0 Å². The fourth-order valence-corrected chi connectivity index (χ4v) is 1.85. The molecule has 64 valence electrons. The van der Waals surface area contributed by atoms with E-state index in [4.69, 9.17) is 12.2 Å². The van der Waals surface area contributed by atoms with Gasteiger partial charge in [-0.05, 0) is 27.7 Å². The molecule has 3 heteroatoms. The minimum absolute atomic E-state index is 0.000579. The minimum Gasteiger partial charge on any atom is -0.350 e. The molecule has 0 atom stereocenters. The summed E-state index contributed by atoms with van der Waals surface area (Å²) in [6.45, 7) is 8.49. The van der Waals surface area contributed by atoms with E-state index in [-0.39, 0.29) is 11.2 Å². The van der Waals surface area contributed by atoms with Crippen LogP contribution in [0.3, 0.4) is 0 Å². The van der Waals surface area contributed by atoms with Gasteiger partial charge in [0.1, 0.15) is 0 Å². The maximum absolute atomic E-state index is 5.29. The summed E-state index contributed by atoms with van der Waals surface area (Å²) < 4.78 is 0. The topological polar surface area (TPSA) is 15.3 Å². The molecule has 0 radical (unpaired) electrons. The van der Waals surface area contributed by atoms with Crippen LogP contribution in [0.4, 0.5) is 0 Å². The highest BCUT2D eigenvalue weighted by Crippen LogP contribution is 2.26. The van der Waals surface area contributed by atoms with E-state index in [1.165, 1.54) is 0 Å². The molecule has 1 fully saturated rings. The van der Waals surface area contributed by atoms with Crippen LogP contribution < -0.4 is 5.32 Å². The van der Waals surface area contributed by atoms with E-state index in [1.54, 1.807) is 0 Å². The van der Waals surface area contributed by atoms with Crippen LogP contribution in [-0.2, 0) is 0 Å². The summed E-state index contributed by atoms with van der Waals surface area (Å²) in [4.78, 5) is 3.10. The third-order valence-electron chi connectivity index (χ3n) is 2.30. The number of rotatable bonds is 0. The molecule has 1 aliphatic heterocycles. The largest absolute Gasteiger partial charge is 0.350 e. The lowest BCUT2D eigenvalue weighted by Gasteiger charge is -2.28. The number of nitrogens with one attached hydrogen (secondary N) is 1. The fraction of sp³-hybridized carbons (Fsp3) is 0.875. The van der Waals surface area contributed by atoms with E-state index in [1.807, 2.05) is 7.05 Å². The molecule has 2 nitrogen and oxygen atoms in total. The Balaban J connectivity index is 2.96. The summed E-state index contributed by atoms with van der Waals surface area (Å²) in [5.74, 6) is 0. The van der Waals surface area contributed by atoms with Crippen LogP contribution in [0.15, 0.2) is 0 Å². The van der Waals surface area contributed by atoms with E-state index in [9.17, 15) is 0 Å². The van der Waals surface area contributed by atoms with Gasteiger partial charge in [0.05, 0.1) is 16.2 Å². The van der Waals surface area contributed by atoms with E-state index < -0.39 is 0 Å². The molecule has 0 aromatic rings. The maximum atomic E-state index is 5.29. The molecule has 1 heterocycles.